The van der Waals surface area contributed by atoms with Crippen LogP contribution in [0.3, 0.4) is 0 Å². The molecule has 37 heavy (non-hydrogen) atoms. The first-order valence-corrected chi connectivity index (χ1v) is 13.8. The minimum atomic E-state index is -3.62. The lowest BCUT2D eigenvalue weighted by molar-refractivity contribution is 0.102. The Hall–Kier alpha value is -4.01. The summed E-state index contributed by atoms with van der Waals surface area (Å²) >= 11 is 0. The molecule has 5 aromatic rings. The number of sulfonamides is 1. The van der Waals surface area contributed by atoms with E-state index in [1.807, 2.05) is 60.7 Å². The van der Waals surface area contributed by atoms with Crippen molar-refractivity contribution in [2.45, 2.75) is 23.7 Å². The van der Waals surface area contributed by atoms with E-state index in [0.717, 1.165) is 27.6 Å². The first-order chi connectivity index (χ1) is 18.0. The van der Waals surface area contributed by atoms with Crippen molar-refractivity contribution in [3.8, 4) is 0 Å². The first-order valence-electron chi connectivity index (χ1n) is 12.3. The molecular weight excluding hydrogens is 484 g/mol. The fourth-order valence-electron chi connectivity index (χ4n) is 4.93. The fourth-order valence-corrected chi connectivity index (χ4v) is 6.40. The van der Waals surface area contributed by atoms with Gasteiger partial charge in [0, 0.05) is 30.3 Å². The van der Waals surface area contributed by atoms with Gasteiger partial charge in [-0.15, -0.1) is 0 Å². The zero-order chi connectivity index (χ0) is 25.4. The molecule has 186 valence electrons. The molecule has 0 saturated carbocycles. The van der Waals surface area contributed by atoms with Gasteiger partial charge in [-0.2, -0.15) is 4.31 Å². The van der Waals surface area contributed by atoms with Crippen molar-refractivity contribution in [2.75, 3.05) is 18.4 Å². The lowest BCUT2D eigenvalue weighted by atomic mass is 9.97. The normalized spacial score (nSPS) is 15.2. The van der Waals surface area contributed by atoms with E-state index < -0.39 is 10.0 Å². The predicted molar refractivity (Wildman–Crippen MR) is 145 cm³/mol. The molecule has 0 unspecified atom stereocenters. The Balaban J connectivity index is 1.11. The summed E-state index contributed by atoms with van der Waals surface area (Å²) in [4.78, 5) is 21.0. The van der Waals surface area contributed by atoms with Crippen molar-refractivity contribution in [2.24, 2.45) is 0 Å². The van der Waals surface area contributed by atoms with Crippen molar-refractivity contribution in [1.82, 2.24) is 14.3 Å². The van der Waals surface area contributed by atoms with Crippen molar-refractivity contribution >= 4 is 43.4 Å². The van der Waals surface area contributed by atoms with Gasteiger partial charge in [-0.25, -0.2) is 13.4 Å². The van der Waals surface area contributed by atoms with Crippen LogP contribution < -0.4 is 5.32 Å². The van der Waals surface area contributed by atoms with Crippen LogP contribution in [-0.4, -0.2) is 41.7 Å². The van der Waals surface area contributed by atoms with E-state index in [-0.39, 0.29) is 16.7 Å². The number of fused-ring (bicyclic) bond motifs is 2. The number of benzene rings is 4. The predicted octanol–water partition coefficient (Wildman–Crippen LogP) is 5.54. The molecule has 0 atom stereocenters. The third kappa shape index (κ3) is 4.61. The minimum absolute atomic E-state index is 0.201. The number of aromatic nitrogens is 2. The maximum atomic E-state index is 13.3. The molecule has 1 amide bonds. The van der Waals surface area contributed by atoms with Crippen LogP contribution in [0.25, 0.3) is 21.8 Å². The molecule has 0 bridgehead atoms. The van der Waals surface area contributed by atoms with Gasteiger partial charge in [0.2, 0.25) is 10.0 Å². The van der Waals surface area contributed by atoms with E-state index >= 15 is 0 Å². The number of hydrogen-bond donors (Lipinski definition) is 2. The van der Waals surface area contributed by atoms with E-state index in [0.29, 0.717) is 37.2 Å². The second-order valence-electron chi connectivity index (χ2n) is 9.36. The van der Waals surface area contributed by atoms with Crippen LogP contribution in [0.5, 0.6) is 0 Å². The number of carbonyl (C=O) groups excluding carboxylic acids is 1. The van der Waals surface area contributed by atoms with Crippen LogP contribution in [0.4, 0.5) is 5.69 Å². The number of nitrogens with zero attached hydrogens (tertiary/aromatic N) is 2. The molecule has 1 fully saturated rings. The van der Waals surface area contributed by atoms with Gasteiger partial charge in [0.25, 0.3) is 5.91 Å². The molecule has 1 aromatic heterocycles. The summed E-state index contributed by atoms with van der Waals surface area (Å²) in [6.07, 6.45) is 1.41. The standard InChI is InChI=1S/C29H26N4O3S/c34-29(23-10-9-20-5-1-2-6-22(20)19-23)30-24-11-13-25(14-12-24)37(35,36)33-17-15-21(16-18-33)28-31-26-7-3-4-8-27(26)32-28/h1-14,19,21H,15-18H2,(H,30,34)(H,31,32). The van der Waals surface area contributed by atoms with Gasteiger partial charge in [0.15, 0.2) is 0 Å². The smallest absolute Gasteiger partial charge is 0.255 e. The SMILES string of the molecule is O=C(Nc1ccc(S(=O)(=O)N2CCC(c3nc4ccccc4[nH]3)CC2)cc1)c1ccc2ccccc2c1. The largest absolute Gasteiger partial charge is 0.342 e. The second-order valence-corrected chi connectivity index (χ2v) is 11.3. The van der Waals surface area contributed by atoms with Crippen LogP contribution in [-0.2, 0) is 10.0 Å². The van der Waals surface area contributed by atoms with Crippen molar-refractivity contribution in [3.63, 3.8) is 0 Å². The Labute approximate surface area is 215 Å². The topological polar surface area (TPSA) is 95.2 Å². The molecule has 8 heteroatoms. The van der Waals surface area contributed by atoms with Gasteiger partial charge in [-0.05, 0) is 72.1 Å². The van der Waals surface area contributed by atoms with Gasteiger partial charge >= 0.3 is 0 Å². The Bertz CT molecular complexity index is 1670. The van der Waals surface area contributed by atoms with E-state index in [4.69, 9.17) is 4.98 Å². The minimum Gasteiger partial charge on any atom is -0.342 e. The van der Waals surface area contributed by atoms with E-state index in [9.17, 15) is 13.2 Å². The number of piperidine rings is 1. The number of rotatable bonds is 5. The monoisotopic (exact) mass is 510 g/mol. The molecule has 4 aromatic carbocycles. The molecule has 2 heterocycles. The molecular formula is C29H26N4O3S. The molecule has 2 N–H and O–H groups in total. The maximum Gasteiger partial charge on any atom is 0.255 e. The Kier molecular flexibility index (Phi) is 5.98. The summed E-state index contributed by atoms with van der Waals surface area (Å²) in [5.41, 5.74) is 3.02. The van der Waals surface area contributed by atoms with Crippen LogP contribution in [0.1, 0.15) is 34.9 Å². The van der Waals surface area contributed by atoms with Crippen LogP contribution in [0.2, 0.25) is 0 Å². The zero-order valence-corrected chi connectivity index (χ0v) is 20.9. The average Bonchev–Trinajstić information content (AvgIpc) is 3.38. The third-order valence-corrected chi connectivity index (χ3v) is 8.92. The molecule has 0 spiro atoms. The van der Waals surface area contributed by atoms with Gasteiger partial charge in [0.05, 0.1) is 15.9 Å². The maximum absolute atomic E-state index is 13.3. The zero-order valence-electron chi connectivity index (χ0n) is 20.1. The van der Waals surface area contributed by atoms with E-state index in [1.54, 1.807) is 30.3 Å². The number of amides is 1. The van der Waals surface area contributed by atoms with Crippen molar-refractivity contribution in [1.29, 1.82) is 0 Å². The summed E-state index contributed by atoms with van der Waals surface area (Å²) < 4.78 is 28.1. The van der Waals surface area contributed by atoms with E-state index in [2.05, 4.69) is 10.3 Å². The Morgan fingerprint density at radius 1 is 0.865 bits per heavy atom. The number of para-hydroxylation sites is 2. The highest BCUT2D eigenvalue weighted by Gasteiger charge is 2.31. The quantitative estimate of drug-likeness (QED) is 0.325. The van der Waals surface area contributed by atoms with Crippen LogP contribution in [0.15, 0.2) is 95.9 Å². The number of imidazole rings is 1. The van der Waals surface area contributed by atoms with Crippen molar-refractivity contribution in [3.05, 3.63) is 102 Å². The van der Waals surface area contributed by atoms with Crippen LogP contribution in [0, 0.1) is 0 Å². The van der Waals surface area contributed by atoms with Gasteiger partial charge in [-0.3, -0.25) is 4.79 Å². The lowest BCUT2D eigenvalue weighted by Gasteiger charge is -2.30. The molecule has 0 aliphatic carbocycles. The molecule has 1 saturated heterocycles. The molecule has 6 rings (SSSR count). The number of hydrogen-bond acceptors (Lipinski definition) is 4. The van der Waals surface area contributed by atoms with Crippen LogP contribution >= 0.6 is 0 Å². The highest BCUT2D eigenvalue weighted by molar-refractivity contribution is 7.89. The van der Waals surface area contributed by atoms with E-state index in [1.165, 1.54) is 4.31 Å². The van der Waals surface area contributed by atoms with Gasteiger partial charge in [0.1, 0.15) is 5.82 Å². The number of anilines is 1. The number of carbonyl (C=O) groups is 1. The molecule has 1 aliphatic rings. The first kappa shape index (κ1) is 23.4. The summed E-state index contributed by atoms with van der Waals surface area (Å²) in [6.45, 7) is 0.870. The molecule has 1 aliphatic heterocycles. The van der Waals surface area contributed by atoms with Gasteiger partial charge in [-0.1, -0.05) is 42.5 Å². The summed E-state index contributed by atoms with van der Waals surface area (Å²) in [5.74, 6) is 0.880. The summed E-state index contributed by atoms with van der Waals surface area (Å²) in [5, 5.41) is 4.91. The summed E-state index contributed by atoms with van der Waals surface area (Å²) in [7, 11) is -3.62. The Morgan fingerprint density at radius 2 is 1.57 bits per heavy atom. The average molecular weight is 511 g/mol. The number of nitrogens with one attached hydrogen (secondary N) is 2. The fraction of sp³-hybridized carbons (Fsp3) is 0.172. The third-order valence-electron chi connectivity index (χ3n) is 7.01. The van der Waals surface area contributed by atoms with Gasteiger partial charge < -0.3 is 10.3 Å². The molecule has 0 radical (unpaired) electrons. The van der Waals surface area contributed by atoms with Crippen molar-refractivity contribution < 1.29 is 13.2 Å². The highest BCUT2D eigenvalue weighted by Crippen LogP contribution is 2.31. The number of aromatic amines is 1. The number of H-pyrrole nitrogens is 1. The second kappa shape index (κ2) is 9.46. The molecule has 7 nitrogen and oxygen atoms in total. The summed E-state index contributed by atoms with van der Waals surface area (Å²) in [6, 6.07) is 27.7. The highest BCUT2D eigenvalue weighted by atomic mass is 32.2. The Morgan fingerprint density at radius 3 is 2.32 bits per heavy atom. The lowest BCUT2D eigenvalue weighted by Crippen LogP contribution is -2.38.